The van der Waals surface area contributed by atoms with Crippen molar-refractivity contribution >= 4 is 11.8 Å². The number of nitrogens with zero attached hydrogens (tertiary/aromatic N) is 1. The van der Waals surface area contributed by atoms with Crippen LogP contribution in [0.2, 0.25) is 0 Å². The van der Waals surface area contributed by atoms with Gasteiger partial charge in [-0.25, -0.2) is 0 Å². The normalized spacial score (nSPS) is 10.2. The lowest BCUT2D eigenvalue weighted by atomic mass is 10.1. The van der Waals surface area contributed by atoms with Gasteiger partial charge in [-0.15, -0.1) is 0 Å². The van der Waals surface area contributed by atoms with Crippen LogP contribution in [0.25, 0.3) is 0 Å². The predicted molar refractivity (Wildman–Crippen MR) is 102 cm³/mol. The van der Waals surface area contributed by atoms with Gasteiger partial charge in [-0.05, 0) is 36.1 Å². The second kappa shape index (κ2) is 10.2. The summed E-state index contributed by atoms with van der Waals surface area (Å²) >= 11 is 0. The zero-order chi connectivity index (χ0) is 18.8. The third-order valence-corrected chi connectivity index (χ3v) is 4.16. The van der Waals surface area contributed by atoms with Crippen LogP contribution < -0.4 is 10.1 Å². The van der Waals surface area contributed by atoms with E-state index < -0.39 is 0 Å². The second-order valence-corrected chi connectivity index (χ2v) is 6.13. The van der Waals surface area contributed by atoms with Crippen molar-refractivity contribution in [2.75, 3.05) is 26.7 Å². The molecular formula is C21H26N2O3. The summed E-state index contributed by atoms with van der Waals surface area (Å²) in [6.45, 7) is 2.62. The topological polar surface area (TPSA) is 58.6 Å². The van der Waals surface area contributed by atoms with E-state index in [0.717, 1.165) is 17.7 Å². The number of carbonyl (C=O) groups is 2. The molecule has 1 N–H and O–H groups in total. The molecule has 0 bridgehead atoms. The fourth-order valence-electron chi connectivity index (χ4n) is 2.66. The highest BCUT2D eigenvalue weighted by Gasteiger charge is 2.13. The van der Waals surface area contributed by atoms with Crippen LogP contribution in [0.15, 0.2) is 54.6 Å². The number of methoxy groups -OCH3 is 1. The molecule has 0 aliphatic heterocycles. The van der Waals surface area contributed by atoms with Crippen molar-refractivity contribution in [2.24, 2.45) is 0 Å². The van der Waals surface area contributed by atoms with Crippen LogP contribution >= 0.6 is 0 Å². The lowest BCUT2D eigenvalue weighted by molar-refractivity contribution is -0.134. The Hall–Kier alpha value is -2.82. The lowest BCUT2D eigenvalue weighted by Crippen LogP contribution is -2.41. The largest absolute Gasteiger partial charge is 0.497 e. The minimum atomic E-state index is -0.137. The summed E-state index contributed by atoms with van der Waals surface area (Å²) in [6, 6.07) is 17.7. The highest BCUT2D eigenvalue weighted by Crippen LogP contribution is 2.13. The molecule has 0 radical (unpaired) electrons. The number of ether oxygens (including phenoxy) is 1. The highest BCUT2D eigenvalue weighted by molar-refractivity contribution is 5.83. The average Bonchev–Trinajstić information content (AvgIpc) is 2.66. The molecule has 0 aliphatic rings. The van der Waals surface area contributed by atoms with Gasteiger partial charge < -0.3 is 15.0 Å². The molecular weight excluding hydrogens is 328 g/mol. The smallest absolute Gasteiger partial charge is 0.239 e. The Morgan fingerprint density at radius 2 is 1.73 bits per heavy atom. The summed E-state index contributed by atoms with van der Waals surface area (Å²) in [7, 11) is 1.63. The molecule has 0 saturated heterocycles. The summed E-state index contributed by atoms with van der Waals surface area (Å²) in [5.41, 5.74) is 2.24. The first kappa shape index (κ1) is 19.5. The number of benzene rings is 2. The maximum atomic E-state index is 12.1. The quantitative estimate of drug-likeness (QED) is 0.752. The number of rotatable bonds is 9. The minimum absolute atomic E-state index is 0.0775. The van der Waals surface area contributed by atoms with Gasteiger partial charge in [0.15, 0.2) is 0 Å². The summed E-state index contributed by atoms with van der Waals surface area (Å²) in [5.74, 6) is 0.545. The van der Waals surface area contributed by atoms with Crippen molar-refractivity contribution in [1.29, 1.82) is 0 Å². The van der Waals surface area contributed by atoms with Gasteiger partial charge in [-0.1, -0.05) is 42.5 Å². The monoisotopic (exact) mass is 354 g/mol. The van der Waals surface area contributed by atoms with E-state index in [-0.39, 0.29) is 18.4 Å². The molecule has 5 heteroatoms. The average molecular weight is 354 g/mol. The van der Waals surface area contributed by atoms with Gasteiger partial charge in [0.25, 0.3) is 0 Å². The Morgan fingerprint density at radius 3 is 2.42 bits per heavy atom. The molecule has 0 aliphatic carbocycles. The molecule has 0 saturated carbocycles. The first-order valence-electron chi connectivity index (χ1n) is 8.77. The molecule has 26 heavy (non-hydrogen) atoms. The maximum absolute atomic E-state index is 12.1. The third-order valence-electron chi connectivity index (χ3n) is 4.16. The Kier molecular flexibility index (Phi) is 7.68. The van der Waals surface area contributed by atoms with Crippen LogP contribution in [-0.4, -0.2) is 43.5 Å². The van der Waals surface area contributed by atoms with E-state index in [9.17, 15) is 9.59 Å². The van der Waals surface area contributed by atoms with E-state index in [4.69, 9.17) is 4.74 Å². The summed E-state index contributed by atoms with van der Waals surface area (Å²) in [6.07, 6.45) is 1.45. The Balaban J connectivity index is 1.79. The van der Waals surface area contributed by atoms with Crippen LogP contribution in [0, 0.1) is 0 Å². The van der Waals surface area contributed by atoms with E-state index in [1.807, 2.05) is 54.6 Å². The SMILES string of the molecule is COc1cccc(CCN(CC(=O)NCCc2ccccc2)C(C)=O)c1. The fourth-order valence-corrected chi connectivity index (χ4v) is 2.66. The van der Waals surface area contributed by atoms with E-state index >= 15 is 0 Å². The molecule has 2 amide bonds. The molecule has 0 unspecified atom stereocenters. The fraction of sp³-hybridized carbons (Fsp3) is 0.333. The van der Waals surface area contributed by atoms with E-state index in [2.05, 4.69) is 5.32 Å². The van der Waals surface area contributed by atoms with Crippen LogP contribution in [-0.2, 0) is 22.4 Å². The lowest BCUT2D eigenvalue weighted by Gasteiger charge is -2.20. The van der Waals surface area contributed by atoms with Crippen LogP contribution in [0.5, 0.6) is 5.75 Å². The third kappa shape index (κ3) is 6.59. The predicted octanol–water partition coefficient (Wildman–Crippen LogP) is 2.45. The van der Waals surface area contributed by atoms with Crippen molar-refractivity contribution in [3.05, 3.63) is 65.7 Å². The summed E-state index contributed by atoms with van der Waals surface area (Å²) < 4.78 is 5.21. The van der Waals surface area contributed by atoms with Gasteiger partial charge in [0, 0.05) is 20.0 Å². The number of hydrogen-bond donors (Lipinski definition) is 1. The first-order chi connectivity index (χ1) is 12.6. The standard InChI is InChI=1S/C21H26N2O3/c1-17(24)23(14-12-19-9-6-10-20(15-19)26-2)16-21(25)22-13-11-18-7-4-3-5-8-18/h3-10,15H,11-14,16H2,1-2H3,(H,22,25). The van der Waals surface area contributed by atoms with Gasteiger partial charge in [0.2, 0.25) is 11.8 Å². The summed E-state index contributed by atoms with van der Waals surface area (Å²) in [5, 5.41) is 2.88. The molecule has 0 atom stereocenters. The molecule has 2 aromatic rings. The molecule has 138 valence electrons. The van der Waals surface area contributed by atoms with E-state index in [1.165, 1.54) is 12.5 Å². The Morgan fingerprint density at radius 1 is 1.00 bits per heavy atom. The van der Waals surface area contributed by atoms with Crippen LogP contribution in [0.3, 0.4) is 0 Å². The first-order valence-corrected chi connectivity index (χ1v) is 8.77. The van der Waals surface area contributed by atoms with Crippen molar-refractivity contribution in [1.82, 2.24) is 10.2 Å². The number of hydrogen-bond acceptors (Lipinski definition) is 3. The Labute approximate surface area is 155 Å². The molecule has 5 nitrogen and oxygen atoms in total. The number of nitrogens with one attached hydrogen (secondary N) is 1. The van der Waals surface area contributed by atoms with Crippen LogP contribution in [0.1, 0.15) is 18.1 Å². The second-order valence-electron chi connectivity index (χ2n) is 6.13. The van der Waals surface area contributed by atoms with Gasteiger partial charge in [-0.2, -0.15) is 0 Å². The minimum Gasteiger partial charge on any atom is -0.497 e. The molecule has 2 rings (SSSR count). The van der Waals surface area contributed by atoms with E-state index in [1.54, 1.807) is 12.0 Å². The van der Waals surface area contributed by atoms with Crippen LogP contribution in [0.4, 0.5) is 0 Å². The molecule has 0 aromatic heterocycles. The van der Waals surface area contributed by atoms with Gasteiger partial charge in [0.1, 0.15) is 5.75 Å². The highest BCUT2D eigenvalue weighted by atomic mass is 16.5. The van der Waals surface area contributed by atoms with Crippen molar-refractivity contribution in [2.45, 2.75) is 19.8 Å². The molecule has 0 heterocycles. The van der Waals surface area contributed by atoms with E-state index in [0.29, 0.717) is 19.5 Å². The molecule has 2 aromatic carbocycles. The zero-order valence-corrected chi connectivity index (χ0v) is 15.4. The molecule has 0 spiro atoms. The van der Waals surface area contributed by atoms with Gasteiger partial charge >= 0.3 is 0 Å². The van der Waals surface area contributed by atoms with Gasteiger partial charge in [0.05, 0.1) is 13.7 Å². The van der Waals surface area contributed by atoms with Crippen molar-refractivity contribution in [3.63, 3.8) is 0 Å². The maximum Gasteiger partial charge on any atom is 0.239 e. The number of amides is 2. The Bertz CT molecular complexity index is 716. The van der Waals surface area contributed by atoms with Gasteiger partial charge in [-0.3, -0.25) is 9.59 Å². The summed E-state index contributed by atoms with van der Waals surface area (Å²) in [4.78, 5) is 25.5. The number of carbonyl (C=O) groups excluding carboxylic acids is 2. The zero-order valence-electron chi connectivity index (χ0n) is 15.4. The van der Waals surface area contributed by atoms with Crippen molar-refractivity contribution in [3.8, 4) is 5.75 Å². The van der Waals surface area contributed by atoms with Crippen molar-refractivity contribution < 1.29 is 14.3 Å². The molecule has 0 fully saturated rings.